The minimum Gasteiger partial charge on any atom is -0.394 e. The van der Waals surface area contributed by atoms with Gasteiger partial charge >= 0.3 is 0 Å². The van der Waals surface area contributed by atoms with Gasteiger partial charge in [0.1, 0.15) is 24.4 Å². The SMILES string of the molecule is CCCCCCCCO[C@@H]1O[C@H]([C@@H](O)CO)[C@H](O)[C@H]1O. The van der Waals surface area contributed by atoms with Gasteiger partial charge in [-0.3, -0.25) is 0 Å². The highest BCUT2D eigenvalue weighted by molar-refractivity contribution is 4.90. The van der Waals surface area contributed by atoms with Gasteiger partial charge < -0.3 is 29.9 Å². The van der Waals surface area contributed by atoms with Crippen LogP contribution in [0.1, 0.15) is 45.4 Å². The van der Waals surface area contributed by atoms with Crippen molar-refractivity contribution in [1.82, 2.24) is 0 Å². The van der Waals surface area contributed by atoms with Crippen LogP contribution in [0.3, 0.4) is 0 Å². The molecular weight excluding hydrogens is 264 g/mol. The smallest absolute Gasteiger partial charge is 0.186 e. The Hall–Kier alpha value is -0.240. The molecular formula is C14H28O6. The first-order valence-electron chi connectivity index (χ1n) is 7.54. The number of rotatable bonds is 10. The van der Waals surface area contributed by atoms with Crippen LogP contribution in [0.15, 0.2) is 0 Å². The molecule has 4 N–H and O–H groups in total. The molecule has 0 aromatic rings. The average Bonchev–Trinajstić information content (AvgIpc) is 2.74. The lowest BCUT2D eigenvalue weighted by molar-refractivity contribution is -0.181. The lowest BCUT2D eigenvalue weighted by Crippen LogP contribution is -2.40. The van der Waals surface area contributed by atoms with E-state index >= 15 is 0 Å². The second-order valence-electron chi connectivity index (χ2n) is 5.34. The van der Waals surface area contributed by atoms with Gasteiger partial charge in [-0.1, -0.05) is 39.0 Å². The van der Waals surface area contributed by atoms with Gasteiger partial charge in [-0.15, -0.1) is 0 Å². The Balaban J connectivity index is 2.17. The van der Waals surface area contributed by atoms with Crippen molar-refractivity contribution in [3.63, 3.8) is 0 Å². The van der Waals surface area contributed by atoms with E-state index in [0.717, 1.165) is 12.8 Å². The van der Waals surface area contributed by atoms with Gasteiger partial charge in [0, 0.05) is 6.61 Å². The standard InChI is InChI=1S/C14H28O6/c1-2-3-4-5-6-7-8-19-14-12(18)11(17)13(20-14)10(16)9-15/h10-18H,2-9H2,1H3/t10-,11+,12+,13+,14+/m0/s1. The number of ether oxygens (including phenoxy) is 2. The molecule has 1 fully saturated rings. The highest BCUT2D eigenvalue weighted by atomic mass is 16.7. The summed E-state index contributed by atoms with van der Waals surface area (Å²) in [6.45, 7) is 2.09. The Bertz CT molecular complexity index is 250. The summed E-state index contributed by atoms with van der Waals surface area (Å²) in [5.74, 6) is 0. The van der Waals surface area contributed by atoms with Crippen molar-refractivity contribution in [3.05, 3.63) is 0 Å². The molecule has 120 valence electrons. The maximum atomic E-state index is 9.75. The lowest BCUT2D eigenvalue weighted by Gasteiger charge is -2.18. The van der Waals surface area contributed by atoms with Crippen LogP contribution in [0.4, 0.5) is 0 Å². The molecule has 0 radical (unpaired) electrons. The quantitative estimate of drug-likeness (QED) is 0.428. The molecule has 0 spiro atoms. The predicted octanol–water partition coefficient (Wildman–Crippen LogP) is 0.163. The highest BCUT2D eigenvalue weighted by Crippen LogP contribution is 2.24. The summed E-state index contributed by atoms with van der Waals surface area (Å²) in [5.41, 5.74) is 0. The first-order valence-corrected chi connectivity index (χ1v) is 7.54. The van der Waals surface area contributed by atoms with E-state index in [0.29, 0.717) is 6.61 Å². The Kier molecular flexibility index (Phi) is 8.60. The van der Waals surface area contributed by atoms with Crippen LogP contribution >= 0.6 is 0 Å². The zero-order chi connectivity index (χ0) is 15.0. The van der Waals surface area contributed by atoms with E-state index in [1.54, 1.807) is 0 Å². The number of unbranched alkanes of at least 4 members (excludes halogenated alkanes) is 5. The molecule has 1 aliphatic heterocycles. The predicted molar refractivity (Wildman–Crippen MR) is 73.1 cm³/mol. The van der Waals surface area contributed by atoms with Crippen molar-refractivity contribution < 1.29 is 29.9 Å². The third-order valence-electron chi connectivity index (χ3n) is 3.60. The minimum atomic E-state index is -1.24. The van der Waals surface area contributed by atoms with Crippen LogP contribution in [-0.4, -0.2) is 64.3 Å². The zero-order valence-corrected chi connectivity index (χ0v) is 12.1. The van der Waals surface area contributed by atoms with Gasteiger partial charge in [0.25, 0.3) is 0 Å². The van der Waals surface area contributed by atoms with Crippen molar-refractivity contribution in [1.29, 1.82) is 0 Å². The molecule has 20 heavy (non-hydrogen) atoms. The summed E-state index contributed by atoms with van der Waals surface area (Å²) in [5, 5.41) is 37.7. The molecule has 0 aromatic carbocycles. The first kappa shape index (κ1) is 17.8. The molecule has 0 amide bonds. The first-order chi connectivity index (χ1) is 9.61. The molecule has 1 aliphatic rings. The highest BCUT2D eigenvalue weighted by Gasteiger charge is 2.46. The van der Waals surface area contributed by atoms with E-state index in [9.17, 15) is 15.3 Å². The lowest BCUT2D eigenvalue weighted by atomic mass is 10.1. The number of hydrogen-bond donors (Lipinski definition) is 4. The average molecular weight is 292 g/mol. The van der Waals surface area contributed by atoms with Crippen LogP contribution < -0.4 is 0 Å². The van der Waals surface area contributed by atoms with Crippen molar-refractivity contribution in [2.45, 2.75) is 76.2 Å². The van der Waals surface area contributed by atoms with Crippen LogP contribution in [0.5, 0.6) is 0 Å². The number of aliphatic hydroxyl groups is 4. The van der Waals surface area contributed by atoms with Gasteiger partial charge in [-0.05, 0) is 6.42 Å². The van der Waals surface area contributed by atoms with Gasteiger partial charge in [-0.2, -0.15) is 0 Å². The van der Waals surface area contributed by atoms with Crippen molar-refractivity contribution in [2.75, 3.05) is 13.2 Å². The Morgan fingerprint density at radius 3 is 2.35 bits per heavy atom. The summed E-state index contributed by atoms with van der Waals surface area (Å²) in [4.78, 5) is 0. The van der Waals surface area contributed by atoms with Gasteiger partial charge in [-0.25, -0.2) is 0 Å². The topological polar surface area (TPSA) is 99.4 Å². The third-order valence-corrected chi connectivity index (χ3v) is 3.60. The van der Waals surface area contributed by atoms with Crippen LogP contribution in [0.25, 0.3) is 0 Å². The fourth-order valence-corrected chi connectivity index (χ4v) is 2.31. The van der Waals surface area contributed by atoms with Gasteiger partial charge in [0.05, 0.1) is 6.61 Å². The third kappa shape index (κ3) is 5.27. The number of aliphatic hydroxyl groups excluding tert-OH is 4. The van der Waals surface area contributed by atoms with Crippen molar-refractivity contribution >= 4 is 0 Å². The molecule has 1 heterocycles. The van der Waals surface area contributed by atoms with E-state index in [1.165, 1.54) is 25.7 Å². The Labute approximate surface area is 120 Å². The summed E-state index contributed by atoms with van der Waals surface area (Å²) in [7, 11) is 0. The molecule has 1 saturated heterocycles. The molecule has 1 rings (SSSR count). The van der Waals surface area contributed by atoms with E-state index in [-0.39, 0.29) is 0 Å². The molecule has 0 bridgehead atoms. The van der Waals surface area contributed by atoms with Gasteiger partial charge in [0.2, 0.25) is 0 Å². The second-order valence-corrected chi connectivity index (χ2v) is 5.34. The van der Waals surface area contributed by atoms with E-state index in [4.69, 9.17) is 14.6 Å². The largest absolute Gasteiger partial charge is 0.394 e. The van der Waals surface area contributed by atoms with Crippen LogP contribution in [0, 0.1) is 0 Å². The fraction of sp³-hybridized carbons (Fsp3) is 1.00. The Morgan fingerprint density at radius 1 is 1.05 bits per heavy atom. The van der Waals surface area contributed by atoms with Crippen molar-refractivity contribution in [3.8, 4) is 0 Å². The maximum Gasteiger partial charge on any atom is 0.186 e. The molecule has 6 nitrogen and oxygen atoms in total. The zero-order valence-electron chi connectivity index (χ0n) is 12.1. The van der Waals surface area contributed by atoms with Crippen LogP contribution in [0.2, 0.25) is 0 Å². The maximum absolute atomic E-state index is 9.75. The monoisotopic (exact) mass is 292 g/mol. The number of hydrogen-bond acceptors (Lipinski definition) is 6. The molecule has 0 aliphatic carbocycles. The summed E-state index contributed by atoms with van der Waals surface area (Å²) in [6, 6.07) is 0. The molecule has 0 unspecified atom stereocenters. The van der Waals surface area contributed by atoms with Crippen molar-refractivity contribution in [2.24, 2.45) is 0 Å². The molecule has 6 heteroatoms. The normalized spacial score (nSPS) is 31.6. The van der Waals surface area contributed by atoms with Gasteiger partial charge in [0.15, 0.2) is 6.29 Å². The summed E-state index contributed by atoms with van der Waals surface area (Å²) >= 11 is 0. The molecule has 0 saturated carbocycles. The van der Waals surface area contributed by atoms with E-state index in [1.807, 2.05) is 0 Å². The summed E-state index contributed by atoms with van der Waals surface area (Å²) in [6.07, 6.45) is 1.19. The molecule has 0 aromatic heterocycles. The van der Waals surface area contributed by atoms with Crippen LogP contribution in [-0.2, 0) is 9.47 Å². The fourth-order valence-electron chi connectivity index (χ4n) is 2.31. The molecule has 5 atom stereocenters. The summed E-state index contributed by atoms with van der Waals surface area (Å²) < 4.78 is 10.6. The van der Waals surface area contributed by atoms with E-state index < -0.39 is 37.3 Å². The second kappa shape index (κ2) is 9.65. The van der Waals surface area contributed by atoms with E-state index in [2.05, 4.69) is 6.92 Å². The minimum absolute atomic E-state index is 0.447. The Morgan fingerprint density at radius 2 is 1.70 bits per heavy atom.